The van der Waals surface area contributed by atoms with E-state index in [-0.39, 0.29) is 0 Å². The number of hydrogen-bond acceptors (Lipinski definition) is 5. The van der Waals surface area contributed by atoms with Crippen LogP contribution in [-0.4, -0.2) is 18.3 Å². The van der Waals surface area contributed by atoms with Gasteiger partial charge in [-0.1, -0.05) is 24.3 Å². The van der Waals surface area contributed by atoms with E-state index in [4.69, 9.17) is 18.8 Å². The Kier molecular flexibility index (Phi) is 3.46. The van der Waals surface area contributed by atoms with Gasteiger partial charge in [-0.05, 0) is 69.6 Å². The Bertz CT molecular complexity index is 1100. The first kappa shape index (κ1) is 17.9. The summed E-state index contributed by atoms with van der Waals surface area (Å²) in [6, 6.07) is 20.1. The smallest absolute Gasteiger partial charge is 0.453 e. The minimum absolute atomic E-state index is 0.419. The van der Waals surface area contributed by atoms with Crippen LogP contribution in [0.2, 0.25) is 0 Å². The predicted molar refractivity (Wildman–Crippen MR) is 117 cm³/mol. The van der Waals surface area contributed by atoms with Crippen LogP contribution >= 0.6 is 0 Å². The van der Waals surface area contributed by atoms with Crippen molar-refractivity contribution in [1.29, 1.82) is 0 Å². The topological polar surface area (TPSA) is 40.2 Å². The molecule has 0 bridgehead atoms. The van der Waals surface area contributed by atoms with E-state index in [1.165, 1.54) is 0 Å². The first-order chi connectivity index (χ1) is 14.3. The Morgan fingerprint density at radius 2 is 1.13 bits per heavy atom. The molecular formula is C24H22BNO4. The first-order valence-corrected chi connectivity index (χ1v) is 10.2. The number of anilines is 3. The number of rotatable bonds is 1. The lowest BCUT2D eigenvalue weighted by atomic mass is 9.78. The largest absolute Gasteiger partial charge is 0.495 e. The van der Waals surface area contributed by atoms with E-state index in [2.05, 4.69) is 44.7 Å². The second kappa shape index (κ2) is 5.81. The zero-order valence-corrected chi connectivity index (χ0v) is 17.4. The van der Waals surface area contributed by atoms with Gasteiger partial charge in [0.15, 0.2) is 23.0 Å². The van der Waals surface area contributed by atoms with Gasteiger partial charge in [-0.15, -0.1) is 0 Å². The van der Waals surface area contributed by atoms with E-state index in [0.29, 0.717) is 0 Å². The standard InChI is InChI=1S/C24H22BNO4/c1-23(2)24(3,4)30-25(29-23)15-13-20-22-21(14-15)28-19-12-8-6-10-17(19)26(22)16-9-5-7-11-18(16)27-20/h5-14H,1-4H3. The summed E-state index contributed by atoms with van der Waals surface area (Å²) in [5, 5.41) is 0. The molecule has 1 saturated heterocycles. The van der Waals surface area contributed by atoms with E-state index in [1.807, 2.05) is 48.5 Å². The third kappa shape index (κ3) is 2.38. The van der Waals surface area contributed by atoms with E-state index in [0.717, 1.165) is 45.5 Å². The van der Waals surface area contributed by atoms with Crippen molar-refractivity contribution >= 4 is 29.6 Å². The number of nitrogens with zero attached hydrogens (tertiary/aromatic N) is 1. The average Bonchev–Trinajstić information content (AvgIpc) is 2.94. The van der Waals surface area contributed by atoms with Gasteiger partial charge in [0.1, 0.15) is 5.69 Å². The molecule has 150 valence electrons. The molecule has 3 aromatic rings. The molecular weight excluding hydrogens is 377 g/mol. The van der Waals surface area contributed by atoms with Gasteiger partial charge in [-0.25, -0.2) is 0 Å². The van der Waals surface area contributed by atoms with Crippen LogP contribution in [0.4, 0.5) is 17.1 Å². The molecule has 3 aromatic carbocycles. The van der Waals surface area contributed by atoms with Crippen LogP contribution < -0.4 is 19.8 Å². The highest BCUT2D eigenvalue weighted by Gasteiger charge is 2.52. The molecule has 0 saturated carbocycles. The lowest BCUT2D eigenvalue weighted by molar-refractivity contribution is 0.00578. The fraction of sp³-hybridized carbons (Fsp3) is 0.250. The molecule has 0 spiro atoms. The highest BCUT2D eigenvalue weighted by Crippen LogP contribution is 2.59. The van der Waals surface area contributed by atoms with Gasteiger partial charge in [0.25, 0.3) is 0 Å². The summed E-state index contributed by atoms with van der Waals surface area (Å²) < 4.78 is 25.2. The second-order valence-corrected chi connectivity index (χ2v) is 8.93. The summed E-state index contributed by atoms with van der Waals surface area (Å²) in [6.07, 6.45) is 0. The van der Waals surface area contributed by atoms with Crippen LogP contribution in [0.15, 0.2) is 60.7 Å². The van der Waals surface area contributed by atoms with Crippen molar-refractivity contribution in [2.45, 2.75) is 38.9 Å². The lowest BCUT2D eigenvalue weighted by Gasteiger charge is -2.38. The molecule has 3 aliphatic heterocycles. The molecule has 0 unspecified atom stereocenters. The fourth-order valence-electron chi connectivity index (χ4n) is 4.16. The van der Waals surface area contributed by atoms with E-state index < -0.39 is 18.3 Å². The Balaban J connectivity index is 1.53. The molecule has 3 heterocycles. The zero-order chi connectivity index (χ0) is 20.7. The number of fused-ring (bicyclic) bond motifs is 4. The van der Waals surface area contributed by atoms with Crippen molar-refractivity contribution in [3.8, 4) is 23.0 Å². The van der Waals surface area contributed by atoms with Crippen molar-refractivity contribution < 1.29 is 18.8 Å². The molecule has 0 aliphatic carbocycles. The summed E-state index contributed by atoms with van der Waals surface area (Å²) in [6.45, 7) is 8.21. The Hall–Kier alpha value is -2.96. The molecule has 0 N–H and O–H groups in total. The van der Waals surface area contributed by atoms with Crippen LogP contribution in [0.3, 0.4) is 0 Å². The van der Waals surface area contributed by atoms with Gasteiger partial charge in [-0.3, -0.25) is 4.90 Å². The maximum Gasteiger partial charge on any atom is 0.495 e. The molecule has 0 amide bonds. The fourth-order valence-corrected chi connectivity index (χ4v) is 4.16. The monoisotopic (exact) mass is 399 g/mol. The highest BCUT2D eigenvalue weighted by molar-refractivity contribution is 6.62. The number of para-hydroxylation sites is 4. The lowest BCUT2D eigenvalue weighted by Crippen LogP contribution is -2.41. The van der Waals surface area contributed by atoms with E-state index >= 15 is 0 Å². The van der Waals surface area contributed by atoms with E-state index in [1.54, 1.807) is 0 Å². The van der Waals surface area contributed by atoms with Crippen LogP contribution in [0, 0.1) is 0 Å². The minimum Gasteiger partial charge on any atom is -0.453 e. The quantitative estimate of drug-likeness (QED) is 0.340. The molecule has 6 rings (SSSR count). The Morgan fingerprint density at radius 3 is 1.63 bits per heavy atom. The van der Waals surface area contributed by atoms with Crippen molar-refractivity contribution in [2.75, 3.05) is 4.90 Å². The van der Waals surface area contributed by atoms with Crippen LogP contribution in [-0.2, 0) is 9.31 Å². The van der Waals surface area contributed by atoms with Crippen LogP contribution in [0.5, 0.6) is 23.0 Å². The Morgan fingerprint density at radius 1 is 0.667 bits per heavy atom. The third-order valence-electron chi connectivity index (χ3n) is 6.46. The van der Waals surface area contributed by atoms with Crippen LogP contribution in [0.1, 0.15) is 27.7 Å². The minimum atomic E-state index is -0.494. The maximum absolute atomic E-state index is 6.31. The number of benzene rings is 3. The van der Waals surface area contributed by atoms with E-state index in [9.17, 15) is 0 Å². The first-order valence-electron chi connectivity index (χ1n) is 10.2. The SMILES string of the molecule is CC1(C)OB(c2cc3c4c(c2)Oc2ccccc2N4c2ccccc2O3)OC1(C)C. The summed E-state index contributed by atoms with van der Waals surface area (Å²) >= 11 is 0. The number of ether oxygens (including phenoxy) is 2. The van der Waals surface area contributed by atoms with Gasteiger partial charge in [0.05, 0.1) is 22.6 Å². The molecule has 1 fully saturated rings. The van der Waals surface area contributed by atoms with Gasteiger partial charge in [-0.2, -0.15) is 0 Å². The van der Waals surface area contributed by atoms with Crippen molar-refractivity contribution in [3.63, 3.8) is 0 Å². The predicted octanol–water partition coefficient (Wildman–Crippen LogP) is 5.67. The zero-order valence-electron chi connectivity index (χ0n) is 17.4. The molecule has 0 radical (unpaired) electrons. The van der Waals surface area contributed by atoms with Gasteiger partial charge < -0.3 is 18.8 Å². The Labute approximate surface area is 176 Å². The molecule has 30 heavy (non-hydrogen) atoms. The van der Waals surface area contributed by atoms with Crippen molar-refractivity contribution in [3.05, 3.63) is 60.7 Å². The summed E-state index contributed by atoms with van der Waals surface area (Å²) in [5.41, 5.74) is 2.92. The molecule has 6 heteroatoms. The second-order valence-electron chi connectivity index (χ2n) is 8.93. The normalized spacial score (nSPS) is 19.3. The molecule has 3 aliphatic rings. The third-order valence-corrected chi connectivity index (χ3v) is 6.46. The molecule has 5 nitrogen and oxygen atoms in total. The van der Waals surface area contributed by atoms with Crippen molar-refractivity contribution in [2.24, 2.45) is 0 Å². The summed E-state index contributed by atoms with van der Waals surface area (Å²) in [7, 11) is -0.494. The summed E-state index contributed by atoms with van der Waals surface area (Å²) in [5.74, 6) is 3.06. The van der Waals surface area contributed by atoms with Gasteiger partial charge in [0, 0.05) is 0 Å². The molecule has 0 aromatic heterocycles. The van der Waals surface area contributed by atoms with Crippen LogP contribution in [0.25, 0.3) is 0 Å². The highest BCUT2D eigenvalue weighted by atomic mass is 16.7. The summed E-state index contributed by atoms with van der Waals surface area (Å²) in [4.78, 5) is 2.20. The average molecular weight is 399 g/mol. The van der Waals surface area contributed by atoms with Gasteiger partial charge in [0.2, 0.25) is 0 Å². The maximum atomic E-state index is 6.31. The number of hydrogen-bond donors (Lipinski definition) is 0. The van der Waals surface area contributed by atoms with Crippen molar-refractivity contribution in [1.82, 2.24) is 0 Å². The molecule has 0 atom stereocenters. The van der Waals surface area contributed by atoms with Gasteiger partial charge >= 0.3 is 7.12 Å².